The van der Waals surface area contributed by atoms with E-state index in [1.807, 2.05) is 24.3 Å². The molecule has 1 aliphatic heterocycles. The Bertz CT molecular complexity index is 649. The summed E-state index contributed by atoms with van der Waals surface area (Å²) in [6.07, 6.45) is 0.535. The van der Waals surface area contributed by atoms with E-state index >= 15 is 0 Å². The van der Waals surface area contributed by atoms with Gasteiger partial charge in [-0.15, -0.1) is 11.3 Å². The topological polar surface area (TPSA) is 58.6 Å². The van der Waals surface area contributed by atoms with E-state index in [2.05, 4.69) is 5.32 Å². The highest BCUT2D eigenvalue weighted by molar-refractivity contribution is 7.21. The lowest BCUT2D eigenvalue weighted by Gasteiger charge is -2.20. The molecule has 0 radical (unpaired) electrons. The Labute approximate surface area is 125 Å². The van der Waals surface area contributed by atoms with Crippen LogP contribution in [0, 0.1) is 0 Å². The summed E-state index contributed by atoms with van der Waals surface area (Å²) in [5, 5.41) is 14.2. The van der Waals surface area contributed by atoms with E-state index in [0.29, 0.717) is 22.9 Å². The van der Waals surface area contributed by atoms with E-state index < -0.39 is 5.60 Å². The number of hydrogen-bond donors (Lipinski definition) is 2. The Kier molecular flexibility index (Phi) is 3.69. The molecule has 4 nitrogen and oxygen atoms in total. The molecule has 1 aliphatic rings. The van der Waals surface area contributed by atoms with Crippen molar-refractivity contribution >= 4 is 38.9 Å². The third kappa shape index (κ3) is 2.54. The number of fused-ring (bicyclic) bond motifs is 1. The summed E-state index contributed by atoms with van der Waals surface area (Å²) in [4.78, 5) is 12.7. The summed E-state index contributed by atoms with van der Waals surface area (Å²) in [5.74, 6) is -0.253. The van der Waals surface area contributed by atoms with Crippen LogP contribution < -0.4 is 5.32 Å². The van der Waals surface area contributed by atoms with Gasteiger partial charge in [-0.05, 0) is 6.07 Å². The van der Waals surface area contributed by atoms with E-state index in [1.165, 1.54) is 11.3 Å². The first-order valence-corrected chi connectivity index (χ1v) is 7.54. The molecular weight excluding hydrogens is 298 g/mol. The van der Waals surface area contributed by atoms with Crippen molar-refractivity contribution < 1.29 is 14.6 Å². The molecule has 0 aliphatic carbocycles. The van der Waals surface area contributed by atoms with Gasteiger partial charge in [0, 0.05) is 29.7 Å². The van der Waals surface area contributed by atoms with Crippen LogP contribution >= 0.6 is 22.9 Å². The fourth-order valence-electron chi connectivity index (χ4n) is 2.22. The molecule has 1 aromatic carbocycles. The smallest absolute Gasteiger partial charge is 0.263 e. The minimum Gasteiger partial charge on any atom is -0.386 e. The zero-order valence-electron chi connectivity index (χ0n) is 10.7. The number of rotatable bonds is 3. The predicted octanol–water partition coefficient (Wildman–Crippen LogP) is 2.44. The SMILES string of the molecule is O=C(NCC1(O)CCOC1)c1sc2ccccc2c1Cl. The number of hydrogen-bond acceptors (Lipinski definition) is 4. The second kappa shape index (κ2) is 5.33. The lowest BCUT2D eigenvalue weighted by Crippen LogP contribution is -2.43. The molecule has 2 heterocycles. The zero-order valence-corrected chi connectivity index (χ0v) is 12.3. The van der Waals surface area contributed by atoms with Crippen LogP contribution in [-0.2, 0) is 4.74 Å². The Morgan fingerprint density at radius 3 is 3.00 bits per heavy atom. The number of nitrogens with one attached hydrogen (secondary N) is 1. The van der Waals surface area contributed by atoms with E-state index in [-0.39, 0.29) is 19.1 Å². The zero-order chi connectivity index (χ0) is 14.2. The van der Waals surface area contributed by atoms with Crippen molar-refractivity contribution in [1.29, 1.82) is 0 Å². The van der Waals surface area contributed by atoms with Crippen LogP contribution in [0.3, 0.4) is 0 Å². The first-order chi connectivity index (χ1) is 9.59. The average molecular weight is 312 g/mol. The Morgan fingerprint density at radius 1 is 1.50 bits per heavy atom. The highest BCUT2D eigenvalue weighted by atomic mass is 35.5. The monoisotopic (exact) mass is 311 g/mol. The van der Waals surface area contributed by atoms with E-state index in [4.69, 9.17) is 16.3 Å². The molecule has 3 rings (SSSR count). The molecule has 106 valence electrons. The van der Waals surface area contributed by atoms with Gasteiger partial charge in [0.25, 0.3) is 5.91 Å². The van der Waals surface area contributed by atoms with Crippen LogP contribution in [0.25, 0.3) is 10.1 Å². The molecule has 20 heavy (non-hydrogen) atoms. The summed E-state index contributed by atoms with van der Waals surface area (Å²) in [7, 11) is 0. The van der Waals surface area contributed by atoms with Gasteiger partial charge in [-0.1, -0.05) is 29.8 Å². The van der Waals surface area contributed by atoms with Gasteiger partial charge >= 0.3 is 0 Å². The largest absolute Gasteiger partial charge is 0.386 e. The van der Waals surface area contributed by atoms with Gasteiger partial charge in [-0.25, -0.2) is 0 Å². The summed E-state index contributed by atoms with van der Waals surface area (Å²) in [6.45, 7) is 0.958. The molecule has 2 aromatic rings. The fraction of sp³-hybridized carbons (Fsp3) is 0.357. The number of carbonyl (C=O) groups excluding carboxylic acids is 1. The molecule has 0 saturated carbocycles. The standard InChI is InChI=1S/C14H14ClNO3S/c15-11-9-3-1-2-4-10(9)20-12(11)13(17)16-7-14(18)5-6-19-8-14/h1-4,18H,5-8H2,(H,16,17). The Hall–Kier alpha value is -1.14. The number of halogens is 1. The summed E-state index contributed by atoms with van der Waals surface area (Å²) < 4.78 is 6.12. The van der Waals surface area contributed by atoms with E-state index in [9.17, 15) is 9.90 Å². The van der Waals surface area contributed by atoms with Gasteiger partial charge in [0.1, 0.15) is 10.5 Å². The third-order valence-electron chi connectivity index (χ3n) is 3.40. The molecule has 1 aromatic heterocycles. The summed E-state index contributed by atoms with van der Waals surface area (Å²) in [6, 6.07) is 7.63. The lowest BCUT2D eigenvalue weighted by atomic mass is 10.0. The molecule has 1 unspecified atom stereocenters. The Balaban J connectivity index is 1.77. The number of carbonyl (C=O) groups is 1. The number of ether oxygens (including phenoxy) is 1. The first kappa shape index (κ1) is 13.8. The van der Waals surface area contributed by atoms with Crippen molar-refractivity contribution in [3.63, 3.8) is 0 Å². The van der Waals surface area contributed by atoms with Gasteiger partial charge in [-0.3, -0.25) is 4.79 Å². The second-order valence-corrected chi connectivity index (χ2v) is 6.38. The number of benzene rings is 1. The molecule has 6 heteroatoms. The second-order valence-electron chi connectivity index (χ2n) is 4.95. The molecule has 1 saturated heterocycles. The highest BCUT2D eigenvalue weighted by Crippen LogP contribution is 2.35. The minimum absolute atomic E-state index is 0.177. The molecule has 1 atom stereocenters. The quantitative estimate of drug-likeness (QED) is 0.915. The van der Waals surface area contributed by atoms with Crippen LogP contribution in [0.1, 0.15) is 16.1 Å². The van der Waals surface area contributed by atoms with Gasteiger partial charge in [0.15, 0.2) is 0 Å². The van der Waals surface area contributed by atoms with Gasteiger partial charge < -0.3 is 15.2 Å². The normalized spacial score (nSPS) is 22.3. The highest BCUT2D eigenvalue weighted by Gasteiger charge is 2.33. The first-order valence-electron chi connectivity index (χ1n) is 6.34. The maximum absolute atomic E-state index is 12.2. The predicted molar refractivity (Wildman–Crippen MR) is 79.6 cm³/mol. The van der Waals surface area contributed by atoms with Crippen molar-refractivity contribution in [2.75, 3.05) is 19.8 Å². The average Bonchev–Trinajstić information content (AvgIpc) is 3.02. The fourth-order valence-corrected chi connectivity index (χ4v) is 3.65. The minimum atomic E-state index is -0.960. The summed E-state index contributed by atoms with van der Waals surface area (Å²) in [5.41, 5.74) is -0.960. The van der Waals surface area contributed by atoms with E-state index in [1.54, 1.807) is 0 Å². The van der Waals surface area contributed by atoms with Crippen molar-refractivity contribution in [3.8, 4) is 0 Å². The number of thiophene rings is 1. The molecule has 1 amide bonds. The summed E-state index contributed by atoms with van der Waals surface area (Å²) >= 11 is 7.60. The van der Waals surface area contributed by atoms with Crippen molar-refractivity contribution in [1.82, 2.24) is 5.32 Å². The van der Waals surface area contributed by atoms with Crippen LogP contribution in [0.5, 0.6) is 0 Å². The number of aliphatic hydroxyl groups is 1. The van der Waals surface area contributed by atoms with Gasteiger partial charge in [0.05, 0.1) is 11.6 Å². The van der Waals surface area contributed by atoms with Gasteiger partial charge in [-0.2, -0.15) is 0 Å². The third-order valence-corrected chi connectivity index (χ3v) is 5.08. The van der Waals surface area contributed by atoms with Crippen LogP contribution in [0.2, 0.25) is 5.02 Å². The number of amides is 1. The van der Waals surface area contributed by atoms with Crippen molar-refractivity contribution in [3.05, 3.63) is 34.2 Å². The van der Waals surface area contributed by atoms with Crippen molar-refractivity contribution in [2.24, 2.45) is 0 Å². The maximum Gasteiger partial charge on any atom is 0.263 e. The van der Waals surface area contributed by atoms with Crippen LogP contribution in [-0.4, -0.2) is 36.4 Å². The Morgan fingerprint density at radius 2 is 2.30 bits per heavy atom. The molecule has 2 N–H and O–H groups in total. The van der Waals surface area contributed by atoms with Crippen LogP contribution in [0.15, 0.2) is 24.3 Å². The molecule has 1 fully saturated rings. The molecule has 0 spiro atoms. The lowest BCUT2D eigenvalue weighted by molar-refractivity contribution is 0.0265. The maximum atomic E-state index is 12.2. The molecular formula is C14H14ClNO3S. The van der Waals surface area contributed by atoms with Gasteiger partial charge in [0.2, 0.25) is 0 Å². The molecule has 0 bridgehead atoms. The van der Waals surface area contributed by atoms with Crippen LogP contribution in [0.4, 0.5) is 0 Å². The van der Waals surface area contributed by atoms with Crippen molar-refractivity contribution in [2.45, 2.75) is 12.0 Å². The van der Waals surface area contributed by atoms with E-state index in [0.717, 1.165) is 10.1 Å².